The summed E-state index contributed by atoms with van der Waals surface area (Å²) in [5.41, 5.74) is 6.56. The Hall–Kier alpha value is -4.75. The summed E-state index contributed by atoms with van der Waals surface area (Å²) >= 11 is 12.5. The van der Waals surface area contributed by atoms with Crippen molar-refractivity contribution < 1.29 is 33.3 Å². The second-order valence-corrected chi connectivity index (χ2v) is 14.7. The molecule has 2 amide bonds. The van der Waals surface area contributed by atoms with E-state index in [0.29, 0.717) is 80.5 Å². The second-order valence-electron chi connectivity index (χ2n) is 13.8. The average Bonchev–Trinajstić information content (AvgIpc) is 3.47. The van der Waals surface area contributed by atoms with E-state index in [9.17, 15) is 14.4 Å². The highest BCUT2D eigenvalue weighted by atomic mass is 35.5. The molecule has 0 N–H and O–H groups in total. The largest absolute Gasteiger partial charge is 0.382 e. The van der Waals surface area contributed by atoms with E-state index >= 15 is 0 Å². The summed E-state index contributed by atoms with van der Waals surface area (Å²) in [4.78, 5) is 50.7. The smallest absolute Gasteiger partial charge is 0.249 e. The number of halogens is 2. The number of amides is 2. The number of methoxy groups -OCH3 is 2. The fraction of sp³-hybridized carbons (Fsp3) is 0.370. The third-order valence-electron chi connectivity index (χ3n) is 9.56. The van der Waals surface area contributed by atoms with E-state index in [1.165, 1.54) is 4.90 Å². The Morgan fingerprint density at radius 2 is 1.08 bits per heavy atom. The molecule has 2 aliphatic heterocycles. The van der Waals surface area contributed by atoms with Gasteiger partial charge in [-0.2, -0.15) is 0 Å². The van der Waals surface area contributed by atoms with E-state index < -0.39 is 0 Å². The first-order chi connectivity index (χ1) is 28.8. The van der Waals surface area contributed by atoms with Crippen molar-refractivity contribution in [2.45, 2.75) is 32.1 Å². The number of nitrogens with zero attached hydrogens (tertiary/aromatic N) is 4. The van der Waals surface area contributed by atoms with Crippen molar-refractivity contribution in [3.63, 3.8) is 0 Å². The number of Topliss-reactive ketones (excluding diaryl/α,β-unsaturated/α-hetero) is 1. The standard InChI is InChI=1S/C23H25ClN2O4.C23H27ClN2O3/c1-29-12-13-30-11-5-8-19(27)16-26-21-10-9-18(24)14-20(21)23(25-15-22(26)28)17-6-3-2-4-7-17;1-28-14-15-29-13-7-3-6-12-26-21-11-10-19(24)16-20(21)23(25-17-22(26)27)18-8-4-2-5-9-18/h2-4,6-7,9-10,14H,5,8,11-13,15-16H2,1H3;2,4-5,8-11,16H,3,6-7,12-15,17H2,1H3. The van der Waals surface area contributed by atoms with Crippen LogP contribution >= 0.6 is 23.2 Å². The quantitative estimate of drug-likeness (QED) is 0.0831. The molecule has 0 saturated heterocycles. The Kier molecular flexibility index (Phi) is 18.7. The lowest BCUT2D eigenvalue weighted by atomic mass is 10.00. The summed E-state index contributed by atoms with van der Waals surface area (Å²) in [6.45, 7) is 4.23. The zero-order valence-corrected chi connectivity index (χ0v) is 35.3. The van der Waals surface area contributed by atoms with Crippen LogP contribution < -0.4 is 9.80 Å². The maximum atomic E-state index is 12.8. The monoisotopic (exact) mass is 842 g/mol. The van der Waals surface area contributed by atoms with Crippen molar-refractivity contribution in [2.75, 3.05) is 89.8 Å². The lowest BCUT2D eigenvalue weighted by Crippen LogP contribution is -2.37. The number of rotatable bonds is 20. The zero-order chi connectivity index (χ0) is 41.8. The Labute approximate surface area is 356 Å². The normalized spacial score (nSPS) is 13.7. The summed E-state index contributed by atoms with van der Waals surface area (Å²) in [5.74, 6) is -0.229. The molecular formula is C46H52Cl2N4O7. The lowest BCUT2D eigenvalue weighted by molar-refractivity contribution is -0.122. The molecule has 0 spiro atoms. The third-order valence-corrected chi connectivity index (χ3v) is 10.0. The molecule has 0 fully saturated rings. The van der Waals surface area contributed by atoms with Crippen LogP contribution in [0.1, 0.15) is 54.4 Å². The van der Waals surface area contributed by atoms with E-state index in [1.807, 2.05) is 83.8 Å². The number of anilines is 2. The number of carbonyl (C=O) groups is 3. The van der Waals surface area contributed by atoms with Gasteiger partial charge in [0.05, 0.1) is 55.8 Å². The van der Waals surface area contributed by atoms with Gasteiger partial charge < -0.3 is 28.7 Å². The number of ketones is 1. The summed E-state index contributed by atoms with van der Waals surface area (Å²) < 4.78 is 20.8. The predicted octanol–water partition coefficient (Wildman–Crippen LogP) is 7.89. The van der Waals surface area contributed by atoms with Gasteiger partial charge in [0.25, 0.3) is 0 Å². The minimum absolute atomic E-state index is 0.00310. The van der Waals surface area contributed by atoms with Crippen molar-refractivity contribution in [3.8, 4) is 0 Å². The predicted molar refractivity (Wildman–Crippen MR) is 235 cm³/mol. The first-order valence-corrected chi connectivity index (χ1v) is 20.6. The van der Waals surface area contributed by atoms with Crippen LogP contribution in [0.3, 0.4) is 0 Å². The Morgan fingerprint density at radius 1 is 0.593 bits per heavy atom. The van der Waals surface area contributed by atoms with Crippen LogP contribution in [0.5, 0.6) is 0 Å². The van der Waals surface area contributed by atoms with E-state index in [0.717, 1.165) is 52.9 Å². The van der Waals surface area contributed by atoms with Crippen LogP contribution in [0.2, 0.25) is 10.0 Å². The van der Waals surface area contributed by atoms with Crippen molar-refractivity contribution in [3.05, 3.63) is 129 Å². The fourth-order valence-electron chi connectivity index (χ4n) is 6.64. The highest BCUT2D eigenvalue weighted by Gasteiger charge is 2.28. The molecule has 0 bridgehead atoms. The Balaban J connectivity index is 0.000000224. The van der Waals surface area contributed by atoms with Crippen LogP contribution in [-0.4, -0.2) is 109 Å². The van der Waals surface area contributed by atoms with Gasteiger partial charge in [0.2, 0.25) is 11.8 Å². The molecular weight excluding hydrogens is 791 g/mol. The molecule has 0 aliphatic carbocycles. The number of unbranched alkanes of at least 4 members (excludes halogenated alkanes) is 2. The Bertz CT molecular complexity index is 2050. The molecule has 6 rings (SSSR count). The van der Waals surface area contributed by atoms with Crippen LogP contribution in [0.4, 0.5) is 11.4 Å². The first-order valence-electron chi connectivity index (χ1n) is 19.9. The van der Waals surface area contributed by atoms with Crippen molar-refractivity contribution in [1.82, 2.24) is 0 Å². The fourth-order valence-corrected chi connectivity index (χ4v) is 6.98. The molecule has 2 aliphatic rings. The number of benzodiazepines with no additional fused rings is 2. The number of ether oxygens (including phenoxy) is 4. The molecule has 4 aromatic carbocycles. The van der Waals surface area contributed by atoms with Gasteiger partial charge in [-0.25, -0.2) is 0 Å². The maximum absolute atomic E-state index is 12.8. The van der Waals surface area contributed by atoms with Gasteiger partial charge in [0.1, 0.15) is 13.1 Å². The first kappa shape index (κ1) is 45.3. The van der Waals surface area contributed by atoms with Gasteiger partial charge in [0, 0.05) is 72.7 Å². The molecule has 0 radical (unpaired) electrons. The summed E-state index contributed by atoms with van der Waals surface area (Å²) in [6, 6.07) is 30.5. The van der Waals surface area contributed by atoms with Gasteiger partial charge >= 0.3 is 0 Å². The molecule has 312 valence electrons. The minimum atomic E-state index is -0.214. The van der Waals surface area contributed by atoms with E-state index in [1.54, 1.807) is 32.4 Å². The van der Waals surface area contributed by atoms with E-state index in [-0.39, 0.29) is 37.2 Å². The maximum Gasteiger partial charge on any atom is 0.249 e. The van der Waals surface area contributed by atoms with Gasteiger partial charge in [-0.1, -0.05) is 83.9 Å². The summed E-state index contributed by atoms with van der Waals surface area (Å²) in [5, 5.41) is 1.18. The van der Waals surface area contributed by atoms with Crippen molar-refractivity contribution >= 4 is 63.6 Å². The number of hydrogen-bond donors (Lipinski definition) is 0. The third kappa shape index (κ3) is 13.6. The zero-order valence-electron chi connectivity index (χ0n) is 33.7. The van der Waals surface area contributed by atoms with Gasteiger partial charge in [-0.3, -0.25) is 24.4 Å². The lowest BCUT2D eigenvalue weighted by Gasteiger charge is -2.23. The van der Waals surface area contributed by atoms with E-state index in [2.05, 4.69) is 9.98 Å². The molecule has 0 atom stereocenters. The number of aliphatic imine (C=N–C) groups is 2. The minimum Gasteiger partial charge on any atom is -0.382 e. The highest BCUT2D eigenvalue weighted by molar-refractivity contribution is 6.32. The molecule has 4 aromatic rings. The van der Waals surface area contributed by atoms with Crippen molar-refractivity contribution in [2.24, 2.45) is 9.98 Å². The second kappa shape index (κ2) is 24.4. The summed E-state index contributed by atoms with van der Waals surface area (Å²) in [6.07, 6.45) is 3.80. The molecule has 0 saturated carbocycles. The average molecular weight is 844 g/mol. The molecule has 13 heteroatoms. The number of carbonyl (C=O) groups excluding carboxylic acids is 3. The SMILES string of the molecule is COCCOCCCC(=O)CN1C(=O)CN=C(c2ccccc2)c2cc(Cl)ccc21.COCCOCCCCCN1C(=O)CN=C(c2ccccc2)c2cc(Cl)ccc21. The van der Waals surface area contributed by atoms with Crippen LogP contribution in [0, 0.1) is 0 Å². The number of fused-ring (bicyclic) bond motifs is 2. The Morgan fingerprint density at radius 3 is 1.61 bits per heavy atom. The van der Waals surface area contributed by atoms with Gasteiger partial charge in [0.15, 0.2) is 5.78 Å². The molecule has 59 heavy (non-hydrogen) atoms. The van der Waals surface area contributed by atoms with Crippen LogP contribution in [-0.2, 0) is 33.3 Å². The highest BCUT2D eigenvalue weighted by Crippen LogP contribution is 2.31. The van der Waals surface area contributed by atoms with Crippen LogP contribution in [0.25, 0.3) is 0 Å². The van der Waals surface area contributed by atoms with Crippen LogP contribution in [0.15, 0.2) is 107 Å². The molecule has 0 aromatic heterocycles. The van der Waals surface area contributed by atoms with Crippen molar-refractivity contribution in [1.29, 1.82) is 0 Å². The number of hydrogen-bond acceptors (Lipinski definition) is 9. The van der Waals surface area contributed by atoms with Gasteiger partial charge in [-0.15, -0.1) is 0 Å². The molecule has 11 nitrogen and oxygen atoms in total. The molecule has 0 unspecified atom stereocenters. The molecule has 2 heterocycles. The topological polar surface area (TPSA) is 119 Å². The number of benzene rings is 4. The van der Waals surface area contributed by atoms with E-state index in [4.69, 9.17) is 42.1 Å². The van der Waals surface area contributed by atoms with Gasteiger partial charge in [-0.05, 0) is 62.1 Å². The summed E-state index contributed by atoms with van der Waals surface area (Å²) in [7, 11) is 3.28.